The van der Waals surface area contributed by atoms with Gasteiger partial charge >= 0.3 is 0 Å². The van der Waals surface area contributed by atoms with E-state index >= 15 is 0 Å². The Morgan fingerprint density at radius 3 is 2.75 bits per heavy atom. The van der Waals surface area contributed by atoms with Gasteiger partial charge in [-0.3, -0.25) is 9.36 Å². The van der Waals surface area contributed by atoms with Crippen molar-refractivity contribution in [2.45, 2.75) is 19.9 Å². The number of hydrogen-bond acceptors (Lipinski definition) is 4. The number of fused-ring (bicyclic) bond motifs is 1. The van der Waals surface area contributed by atoms with E-state index in [9.17, 15) is 4.79 Å². The van der Waals surface area contributed by atoms with Gasteiger partial charge < -0.3 is 4.74 Å². The maximum atomic E-state index is 13.2. The molecule has 0 aliphatic heterocycles. The Morgan fingerprint density at radius 2 is 2.00 bits per heavy atom. The molecule has 6 heteroatoms. The fraction of sp³-hybridized carbons (Fsp3) is 0.182. The Bertz CT molecular complexity index is 1170. The predicted octanol–water partition coefficient (Wildman–Crippen LogP) is 5.72. The molecule has 4 nitrogen and oxygen atoms in total. The smallest absolute Gasteiger partial charge is 0.263 e. The van der Waals surface area contributed by atoms with Gasteiger partial charge in [0.25, 0.3) is 5.56 Å². The van der Waals surface area contributed by atoms with Gasteiger partial charge in [0.15, 0.2) is 0 Å². The summed E-state index contributed by atoms with van der Waals surface area (Å²) in [5, 5.41) is 2.68. The van der Waals surface area contributed by atoms with Crippen LogP contribution < -0.4 is 10.3 Å². The van der Waals surface area contributed by atoms with Crippen molar-refractivity contribution in [1.82, 2.24) is 9.55 Å². The average molecular weight is 455 g/mol. The topological polar surface area (TPSA) is 44.1 Å². The summed E-state index contributed by atoms with van der Waals surface area (Å²) in [6, 6.07) is 15.9. The highest BCUT2D eigenvalue weighted by molar-refractivity contribution is 9.10. The predicted molar refractivity (Wildman–Crippen MR) is 118 cm³/mol. The van der Waals surface area contributed by atoms with E-state index in [1.54, 1.807) is 10.9 Å². The van der Waals surface area contributed by atoms with E-state index in [1.165, 1.54) is 11.3 Å². The highest BCUT2D eigenvalue weighted by atomic mass is 79.9. The van der Waals surface area contributed by atoms with Gasteiger partial charge in [-0.25, -0.2) is 4.98 Å². The van der Waals surface area contributed by atoms with Crippen LogP contribution in [0.15, 0.2) is 69.5 Å². The summed E-state index contributed by atoms with van der Waals surface area (Å²) in [7, 11) is 0. The van der Waals surface area contributed by atoms with Crippen molar-refractivity contribution < 1.29 is 4.74 Å². The zero-order valence-electron chi connectivity index (χ0n) is 15.4. The van der Waals surface area contributed by atoms with Crippen LogP contribution in [-0.2, 0) is 6.54 Å². The normalized spacial score (nSPS) is 11.1. The van der Waals surface area contributed by atoms with Gasteiger partial charge in [0.1, 0.15) is 10.6 Å². The number of rotatable bonds is 6. The summed E-state index contributed by atoms with van der Waals surface area (Å²) >= 11 is 4.97. The van der Waals surface area contributed by atoms with E-state index in [4.69, 9.17) is 4.74 Å². The van der Waals surface area contributed by atoms with Crippen LogP contribution in [0, 0.1) is 0 Å². The van der Waals surface area contributed by atoms with Gasteiger partial charge in [0, 0.05) is 15.4 Å². The van der Waals surface area contributed by atoms with Crippen molar-refractivity contribution in [3.05, 3.63) is 80.6 Å². The zero-order chi connectivity index (χ0) is 19.5. The number of aromatic nitrogens is 2. The molecule has 0 N–H and O–H groups in total. The van der Waals surface area contributed by atoms with Crippen molar-refractivity contribution in [3.63, 3.8) is 0 Å². The number of ether oxygens (including phenoxy) is 1. The fourth-order valence-electron chi connectivity index (χ4n) is 3.08. The highest BCUT2D eigenvalue weighted by Crippen LogP contribution is 2.31. The van der Waals surface area contributed by atoms with Crippen molar-refractivity contribution in [2.24, 2.45) is 0 Å². The molecule has 0 fully saturated rings. The third-order valence-corrected chi connectivity index (χ3v) is 5.82. The first-order valence-corrected chi connectivity index (χ1v) is 10.8. The van der Waals surface area contributed by atoms with Crippen LogP contribution in [0.1, 0.15) is 18.9 Å². The second-order valence-corrected chi connectivity index (χ2v) is 8.28. The van der Waals surface area contributed by atoms with Crippen LogP contribution >= 0.6 is 27.3 Å². The van der Waals surface area contributed by atoms with Crippen LogP contribution in [0.3, 0.4) is 0 Å². The van der Waals surface area contributed by atoms with Gasteiger partial charge in [0.05, 0.1) is 24.9 Å². The molecule has 142 valence electrons. The number of nitrogens with zero attached hydrogens (tertiary/aromatic N) is 2. The Labute approximate surface area is 175 Å². The second kappa shape index (κ2) is 8.29. The van der Waals surface area contributed by atoms with Crippen LogP contribution in [0.4, 0.5) is 0 Å². The maximum absolute atomic E-state index is 13.2. The summed E-state index contributed by atoms with van der Waals surface area (Å²) in [5.41, 5.74) is 2.94. The largest absolute Gasteiger partial charge is 0.494 e. The minimum atomic E-state index is -0.0208. The Hall–Kier alpha value is -2.44. The molecule has 0 atom stereocenters. The van der Waals surface area contributed by atoms with Crippen LogP contribution in [0.2, 0.25) is 0 Å². The maximum Gasteiger partial charge on any atom is 0.263 e. The minimum absolute atomic E-state index is 0.0208. The second-order valence-electron chi connectivity index (χ2n) is 6.51. The van der Waals surface area contributed by atoms with Crippen LogP contribution in [-0.4, -0.2) is 16.2 Å². The Morgan fingerprint density at radius 1 is 1.18 bits per heavy atom. The molecule has 0 saturated heterocycles. The average Bonchev–Trinajstić information content (AvgIpc) is 3.14. The molecule has 0 aliphatic rings. The number of hydrogen-bond donors (Lipinski definition) is 0. The van der Waals surface area contributed by atoms with E-state index in [-0.39, 0.29) is 5.56 Å². The molecule has 0 aliphatic carbocycles. The molecule has 0 radical (unpaired) electrons. The molecule has 4 aromatic rings. The summed E-state index contributed by atoms with van der Waals surface area (Å²) in [5.74, 6) is 0.843. The number of halogens is 1. The minimum Gasteiger partial charge on any atom is -0.494 e. The number of benzene rings is 2. The molecule has 0 amide bonds. The molecule has 0 unspecified atom stereocenters. The molecule has 4 rings (SSSR count). The molecular formula is C22H19BrN2O2S. The monoisotopic (exact) mass is 454 g/mol. The first-order valence-electron chi connectivity index (χ1n) is 9.10. The lowest BCUT2D eigenvalue weighted by atomic mass is 10.1. The van der Waals surface area contributed by atoms with Crippen molar-refractivity contribution in [3.8, 4) is 16.9 Å². The highest BCUT2D eigenvalue weighted by Gasteiger charge is 2.13. The van der Waals surface area contributed by atoms with Gasteiger partial charge in [-0.1, -0.05) is 47.1 Å². The van der Waals surface area contributed by atoms with Crippen LogP contribution in [0.5, 0.6) is 5.75 Å². The lowest BCUT2D eigenvalue weighted by molar-refractivity contribution is 0.317. The zero-order valence-corrected chi connectivity index (χ0v) is 17.8. The molecule has 0 spiro atoms. The summed E-state index contributed by atoms with van der Waals surface area (Å²) < 4.78 is 8.31. The van der Waals surface area contributed by atoms with Crippen molar-refractivity contribution >= 4 is 37.5 Å². The van der Waals surface area contributed by atoms with Crippen LogP contribution in [0.25, 0.3) is 21.3 Å². The van der Waals surface area contributed by atoms with E-state index in [0.717, 1.165) is 38.2 Å². The standard InChI is InChI=1S/C22H19BrN2O2S/c1-2-10-27-18-8-6-16(7-9-18)19-13-28-21-20(19)22(26)25(14-24-21)12-15-4-3-5-17(23)11-15/h3-9,11,13-14H,2,10,12H2,1H3. The molecule has 2 heterocycles. The third-order valence-electron chi connectivity index (χ3n) is 4.44. The third kappa shape index (κ3) is 3.88. The molecule has 28 heavy (non-hydrogen) atoms. The van der Waals surface area contributed by atoms with E-state index < -0.39 is 0 Å². The molecule has 0 saturated carbocycles. The number of thiophene rings is 1. The quantitative estimate of drug-likeness (QED) is 0.373. The summed E-state index contributed by atoms with van der Waals surface area (Å²) in [6.07, 6.45) is 2.60. The lowest BCUT2D eigenvalue weighted by Gasteiger charge is -2.08. The lowest BCUT2D eigenvalue weighted by Crippen LogP contribution is -2.20. The van der Waals surface area contributed by atoms with Gasteiger partial charge in [0.2, 0.25) is 0 Å². The van der Waals surface area contributed by atoms with E-state index in [1.807, 2.05) is 53.9 Å². The fourth-order valence-corrected chi connectivity index (χ4v) is 4.43. The Balaban J connectivity index is 1.71. The first-order chi connectivity index (χ1) is 13.7. The summed E-state index contributed by atoms with van der Waals surface area (Å²) in [4.78, 5) is 18.4. The van der Waals surface area contributed by atoms with Gasteiger partial charge in [-0.05, 0) is 41.8 Å². The molecular weight excluding hydrogens is 436 g/mol. The molecule has 2 aromatic heterocycles. The van der Waals surface area contributed by atoms with E-state index in [2.05, 4.69) is 27.8 Å². The van der Waals surface area contributed by atoms with Gasteiger partial charge in [-0.15, -0.1) is 11.3 Å². The molecule has 0 bridgehead atoms. The SMILES string of the molecule is CCCOc1ccc(-c2csc3ncn(Cc4cccc(Br)c4)c(=O)c23)cc1. The summed E-state index contributed by atoms with van der Waals surface area (Å²) in [6.45, 7) is 3.27. The molecule has 2 aromatic carbocycles. The Kier molecular flexibility index (Phi) is 5.59. The van der Waals surface area contributed by atoms with E-state index in [0.29, 0.717) is 18.5 Å². The van der Waals surface area contributed by atoms with Crippen molar-refractivity contribution in [2.75, 3.05) is 6.61 Å². The van der Waals surface area contributed by atoms with Gasteiger partial charge in [-0.2, -0.15) is 0 Å². The van der Waals surface area contributed by atoms with Crippen molar-refractivity contribution in [1.29, 1.82) is 0 Å². The first kappa shape index (κ1) is 18.9.